The van der Waals surface area contributed by atoms with Gasteiger partial charge in [-0.05, 0) is 65.4 Å². The van der Waals surface area contributed by atoms with Gasteiger partial charge < -0.3 is 10.1 Å². The molecular formula is C21H19IN2O2. The Morgan fingerprint density at radius 3 is 2.58 bits per heavy atom. The van der Waals surface area contributed by atoms with Crippen molar-refractivity contribution in [2.45, 2.75) is 19.6 Å². The number of hydrogen-bond acceptors (Lipinski definition) is 3. The quantitative estimate of drug-likeness (QED) is 0.543. The first-order chi connectivity index (χ1) is 12.6. The van der Waals surface area contributed by atoms with Crippen LogP contribution in [0.4, 0.5) is 0 Å². The lowest BCUT2D eigenvalue weighted by Crippen LogP contribution is -2.27. The van der Waals surface area contributed by atoms with Crippen LogP contribution in [0.3, 0.4) is 0 Å². The van der Waals surface area contributed by atoms with E-state index in [0.29, 0.717) is 12.2 Å². The number of ether oxygens (including phenoxy) is 1. The molecule has 1 heterocycles. The standard InChI is InChI=1S/C21H19IN2O2/c1-15(24-21(25)19-6-2-3-7-20(19)22)17-8-10-18(11-9-17)26-14-16-5-4-12-23-13-16/h2-13,15H,14H2,1H3,(H,24,25). The molecule has 1 atom stereocenters. The van der Waals surface area contributed by atoms with Crippen LogP contribution in [0.15, 0.2) is 73.1 Å². The SMILES string of the molecule is CC(NC(=O)c1ccccc1I)c1ccc(OCc2cccnc2)cc1. The third-order valence-corrected chi connectivity index (χ3v) is 4.92. The molecule has 0 saturated carbocycles. The number of carbonyl (C=O) groups excluding carboxylic acids is 1. The second-order valence-corrected chi connectivity index (χ2v) is 7.06. The first-order valence-electron chi connectivity index (χ1n) is 8.30. The molecule has 0 radical (unpaired) electrons. The number of hydrogen-bond donors (Lipinski definition) is 1. The Kier molecular flexibility index (Phi) is 6.22. The third kappa shape index (κ3) is 4.82. The van der Waals surface area contributed by atoms with Crippen molar-refractivity contribution in [2.24, 2.45) is 0 Å². The third-order valence-electron chi connectivity index (χ3n) is 3.97. The van der Waals surface area contributed by atoms with E-state index < -0.39 is 0 Å². The van der Waals surface area contributed by atoms with Crippen molar-refractivity contribution >= 4 is 28.5 Å². The Labute approximate surface area is 166 Å². The molecule has 2 aromatic carbocycles. The van der Waals surface area contributed by atoms with Crippen molar-refractivity contribution in [3.63, 3.8) is 0 Å². The molecule has 0 bridgehead atoms. The second-order valence-electron chi connectivity index (χ2n) is 5.89. The van der Waals surface area contributed by atoms with Gasteiger partial charge >= 0.3 is 0 Å². The fourth-order valence-electron chi connectivity index (χ4n) is 2.51. The van der Waals surface area contributed by atoms with Crippen molar-refractivity contribution < 1.29 is 9.53 Å². The molecule has 1 amide bonds. The van der Waals surface area contributed by atoms with Gasteiger partial charge in [0.05, 0.1) is 11.6 Å². The zero-order chi connectivity index (χ0) is 18.4. The van der Waals surface area contributed by atoms with Crippen LogP contribution in [0.2, 0.25) is 0 Å². The fourth-order valence-corrected chi connectivity index (χ4v) is 3.14. The number of halogens is 1. The molecule has 1 N–H and O–H groups in total. The van der Waals surface area contributed by atoms with E-state index in [1.165, 1.54) is 0 Å². The Morgan fingerprint density at radius 1 is 1.12 bits per heavy atom. The minimum atomic E-state index is -0.0918. The Balaban J connectivity index is 1.59. The molecular weight excluding hydrogens is 439 g/mol. The maximum atomic E-state index is 12.4. The van der Waals surface area contributed by atoms with Gasteiger partial charge in [-0.2, -0.15) is 0 Å². The summed E-state index contributed by atoms with van der Waals surface area (Å²) >= 11 is 2.17. The molecule has 0 aliphatic rings. The topological polar surface area (TPSA) is 51.2 Å². The average Bonchev–Trinajstić information content (AvgIpc) is 2.68. The summed E-state index contributed by atoms with van der Waals surface area (Å²) in [5.41, 5.74) is 2.74. The molecule has 3 aromatic rings. The summed E-state index contributed by atoms with van der Waals surface area (Å²) in [5, 5.41) is 3.04. The number of amides is 1. The fraction of sp³-hybridized carbons (Fsp3) is 0.143. The lowest BCUT2D eigenvalue weighted by Gasteiger charge is -2.15. The first-order valence-corrected chi connectivity index (χ1v) is 9.38. The summed E-state index contributed by atoms with van der Waals surface area (Å²) in [5.74, 6) is 0.716. The summed E-state index contributed by atoms with van der Waals surface area (Å²) in [6.45, 7) is 2.45. The summed E-state index contributed by atoms with van der Waals surface area (Å²) in [6, 6.07) is 19.1. The van der Waals surface area contributed by atoms with Gasteiger partial charge in [0.2, 0.25) is 0 Å². The Hall–Kier alpha value is -2.41. The van der Waals surface area contributed by atoms with E-state index in [2.05, 4.69) is 32.9 Å². The number of pyridine rings is 1. The number of benzene rings is 2. The summed E-state index contributed by atoms with van der Waals surface area (Å²) in [6.07, 6.45) is 3.53. The van der Waals surface area contributed by atoms with Gasteiger partial charge in [-0.1, -0.05) is 30.3 Å². The predicted molar refractivity (Wildman–Crippen MR) is 110 cm³/mol. The highest BCUT2D eigenvalue weighted by molar-refractivity contribution is 14.1. The van der Waals surface area contributed by atoms with E-state index in [1.54, 1.807) is 12.4 Å². The van der Waals surface area contributed by atoms with E-state index in [9.17, 15) is 4.79 Å². The van der Waals surface area contributed by atoms with Crippen LogP contribution >= 0.6 is 22.6 Å². The average molecular weight is 458 g/mol. The minimum absolute atomic E-state index is 0.0700. The lowest BCUT2D eigenvalue weighted by atomic mass is 10.1. The zero-order valence-corrected chi connectivity index (χ0v) is 16.5. The Bertz CT molecular complexity index is 867. The summed E-state index contributed by atoms with van der Waals surface area (Å²) in [4.78, 5) is 16.5. The number of carbonyl (C=O) groups is 1. The molecule has 0 saturated heterocycles. The highest BCUT2D eigenvalue weighted by Gasteiger charge is 2.13. The van der Waals surface area contributed by atoms with E-state index in [0.717, 1.165) is 20.4 Å². The molecule has 0 spiro atoms. The van der Waals surface area contributed by atoms with E-state index in [4.69, 9.17) is 4.74 Å². The maximum Gasteiger partial charge on any atom is 0.252 e. The molecule has 3 rings (SSSR count). The van der Waals surface area contributed by atoms with Crippen molar-refractivity contribution in [3.05, 3.63) is 93.3 Å². The predicted octanol–water partition coefficient (Wildman–Crippen LogP) is 4.76. The van der Waals surface area contributed by atoms with Gasteiger partial charge in [0.15, 0.2) is 0 Å². The Morgan fingerprint density at radius 2 is 1.88 bits per heavy atom. The lowest BCUT2D eigenvalue weighted by molar-refractivity contribution is 0.0939. The smallest absolute Gasteiger partial charge is 0.252 e. The molecule has 0 aliphatic heterocycles. The van der Waals surface area contributed by atoms with Crippen LogP contribution in [0.1, 0.15) is 34.5 Å². The van der Waals surface area contributed by atoms with Crippen LogP contribution in [0.25, 0.3) is 0 Å². The number of aromatic nitrogens is 1. The summed E-state index contributed by atoms with van der Waals surface area (Å²) in [7, 11) is 0. The van der Waals surface area contributed by atoms with Crippen LogP contribution in [-0.4, -0.2) is 10.9 Å². The van der Waals surface area contributed by atoms with Gasteiger partial charge in [-0.15, -0.1) is 0 Å². The normalized spacial score (nSPS) is 11.6. The molecule has 26 heavy (non-hydrogen) atoms. The van der Waals surface area contributed by atoms with Gasteiger partial charge in [-0.3, -0.25) is 9.78 Å². The van der Waals surface area contributed by atoms with Crippen LogP contribution in [0, 0.1) is 3.57 Å². The van der Waals surface area contributed by atoms with E-state index in [1.807, 2.05) is 67.6 Å². The number of nitrogens with one attached hydrogen (secondary N) is 1. The zero-order valence-electron chi connectivity index (χ0n) is 14.4. The second kappa shape index (κ2) is 8.80. The van der Waals surface area contributed by atoms with E-state index >= 15 is 0 Å². The van der Waals surface area contributed by atoms with E-state index in [-0.39, 0.29) is 11.9 Å². The molecule has 1 aromatic heterocycles. The van der Waals surface area contributed by atoms with Crippen molar-refractivity contribution in [1.82, 2.24) is 10.3 Å². The number of rotatable bonds is 6. The van der Waals surface area contributed by atoms with Gasteiger partial charge in [-0.25, -0.2) is 0 Å². The van der Waals surface area contributed by atoms with Crippen LogP contribution in [-0.2, 0) is 6.61 Å². The monoisotopic (exact) mass is 458 g/mol. The van der Waals surface area contributed by atoms with Gasteiger partial charge in [0.25, 0.3) is 5.91 Å². The van der Waals surface area contributed by atoms with Crippen LogP contribution in [0.5, 0.6) is 5.75 Å². The van der Waals surface area contributed by atoms with Crippen LogP contribution < -0.4 is 10.1 Å². The minimum Gasteiger partial charge on any atom is -0.489 e. The first kappa shape index (κ1) is 18.4. The number of nitrogens with zero attached hydrogens (tertiary/aromatic N) is 1. The van der Waals surface area contributed by atoms with Crippen molar-refractivity contribution in [3.8, 4) is 5.75 Å². The van der Waals surface area contributed by atoms with Gasteiger partial charge in [0, 0.05) is 21.5 Å². The van der Waals surface area contributed by atoms with Gasteiger partial charge in [0.1, 0.15) is 12.4 Å². The molecule has 0 aliphatic carbocycles. The molecule has 132 valence electrons. The largest absolute Gasteiger partial charge is 0.489 e. The highest BCUT2D eigenvalue weighted by atomic mass is 127. The van der Waals surface area contributed by atoms with Crippen molar-refractivity contribution in [2.75, 3.05) is 0 Å². The molecule has 1 unspecified atom stereocenters. The molecule has 0 fully saturated rings. The highest BCUT2D eigenvalue weighted by Crippen LogP contribution is 2.20. The maximum absolute atomic E-state index is 12.4. The van der Waals surface area contributed by atoms with Crippen molar-refractivity contribution in [1.29, 1.82) is 0 Å². The molecule has 4 nitrogen and oxygen atoms in total. The molecule has 5 heteroatoms. The summed E-state index contributed by atoms with van der Waals surface area (Å²) < 4.78 is 6.70.